The fraction of sp³-hybridized carbons (Fsp3) is 0.519. The maximum Gasteiger partial charge on any atom is 0.379 e. The normalized spacial score (nSPS) is 22.0. The lowest BCUT2D eigenvalue weighted by molar-refractivity contribution is -0.384. The molecule has 18 heteroatoms. The van der Waals surface area contributed by atoms with E-state index in [1.807, 2.05) is 0 Å². The predicted octanol–water partition coefficient (Wildman–Crippen LogP) is 0.307. The van der Waals surface area contributed by atoms with Crippen molar-refractivity contribution >= 4 is 47.7 Å². The average molecular weight is 641 g/mol. The molecule has 1 aliphatic heterocycles. The van der Waals surface area contributed by atoms with Crippen molar-refractivity contribution in [2.75, 3.05) is 13.7 Å². The number of methoxy groups -OCH3 is 1. The van der Waals surface area contributed by atoms with Gasteiger partial charge < -0.3 is 38.5 Å². The minimum atomic E-state index is -2.66. The van der Waals surface area contributed by atoms with Gasteiger partial charge in [-0.3, -0.25) is 38.9 Å². The molecule has 0 bridgehead atoms. The lowest BCUT2D eigenvalue weighted by Crippen LogP contribution is -2.70. The summed E-state index contributed by atoms with van der Waals surface area (Å²) in [5, 5.41) is 13.8. The van der Waals surface area contributed by atoms with Gasteiger partial charge in [-0.2, -0.15) is 0 Å². The first kappa shape index (κ1) is 36.1. The van der Waals surface area contributed by atoms with Crippen molar-refractivity contribution in [1.82, 2.24) is 5.32 Å². The Labute approximate surface area is 255 Å². The number of aldehydes is 1. The zero-order valence-corrected chi connectivity index (χ0v) is 25.1. The number of benzene rings is 1. The number of carbonyl (C=O) groups is 7. The maximum atomic E-state index is 13.4. The highest BCUT2D eigenvalue weighted by molar-refractivity contribution is 5.83. The van der Waals surface area contributed by atoms with Gasteiger partial charge in [-0.05, 0) is 6.07 Å². The molecule has 1 aliphatic rings. The second-order valence-electron chi connectivity index (χ2n) is 9.63. The number of esters is 5. The van der Waals surface area contributed by atoms with Crippen LogP contribution in [0.15, 0.2) is 18.2 Å². The highest BCUT2D eigenvalue weighted by Gasteiger charge is 2.60. The van der Waals surface area contributed by atoms with E-state index in [2.05, 4.69) is 5.32 Å². The summed E-state index contributed by atoms with van der Waals surface area (Å²) in [4.78, 5) is 96.3. The van der Waals surface area contributed by atoms with E-state index in [-0.39, 0.29) is 6.29 Å². The zero-order valence-electron chi connectivity index (χ0n) is 25.1. The molecule has 1 N–H and O–H groups in total. The molecule has 1 amide bonds. The van der Waals surface area contributed by atoms with Gasteiger partial charge in [-0.1, -0.05) is 0 Å². The van der Waals surface area contributed by atoms with Crippen LogP contribution in [0, 0.1) is 10.1 Å². The van der Waals surface area contributed by atoms with E-state index in [1.165, 1.54) is 0 Å². The van der Waals surface area contributed by atoms with Crippen molar-refractivity contribution in [3.8, 4) is 5.75 Å². The van der Waals surface area contributed by atoms with Crippen LogP contribution in [0.1, 0.15) is 51.4 Å². The Hall–Kier alpha value is -5.13. The molecule has 1 aromatic carbocycles. The largest absolute Gasteiger partial charge is 0.464 e. The fourth-order valence-corrected chi connectivity index (χ4v) is 4.52. The summed E-state index contributed by atoms with van der Waals surface area (Å²) >= 11 is 0. The maximum absolute atomic E-state index is 13.4. The van der Waals surface area contributed by atoms with Crippen LogP contribution in [0.4, 0.5) is 5.69 Å². The molecule has 0 aromatic heterocycles. The Morgan fingerprint density at radius 1 is 1.04 bits per heavy atom. The van der Waals surface area contributed by atoms with Crippen LogP contribution >= 0.6 is 0 Å². The molecule has 45 heavy (non-hydrogen) atoms. The summed E-state index contributed by atoms with van der Waals surface area (Å²) in [7, 11) is 0.939. The molecule has 1 aromatic rings. The van der Waals surface area contributed by atoms with Crippen molar-refractivity contribution in [2.24, 2.45) is 0 Å². The third-order valence-corrected chi connectivity index (χ3v) is 6.10. The van der Waals surface area contributed by atoms with E-state index in [9.17, 15) is 43.7 Å². The Kier molecular flexibility index (Phi) is 12.5. The van der Waals surface area contributed by atoms with Crippen molar-refractivity contribution in [3.63, 3.8) is 0 Å². The lowest BCUT2D eigenvalue weighted by Gasteiger charge is -2.48. The Morgan fingerprint density at radius 2 is 1.69 bits per heavy atom. The highest BCUT2D eigenvalue weighted by Crippen LogP contribution is 2.39. The Bertz CT molecular complexity index is 1350. The van der Waals surface area contributed by atoms with Gasteiger partial charge in [0.1, 0.15) is 24.6 Å². The molecule has 3 unspecified atom stereocenters. The molecule has 246 valence electrons. The molecule has 0 aliphatic carbocycles. The molecule has 0 spiro atoms. The number of ether oxygens (including phenoxy) is 7. The highest BCUT2D eigenvalue weighted by atomic mass is 16.7. The number of nitro benzene ring substituents is 1. The number of carbonyl (C=O) groups excluding carboxylic acids is 7. The number of non-ortho nitro benzene ring substituents is 1. The molecule has 18 nitrogen and oxygen atoms in total. The zero-order chi connectivity index (χ0) is 34.1. The van der Waals surface area contributed by atoms with E-state index in [4.69, 9.17) is 33.2 Å². The van der Waals surface area contributed by atoms with E-state index in [0.717, 1.165) is 59.9 Å². The number of nitrogens with one attached hydrogen (secondary N) is 1. The van der Waals surface area contributed by atoms with Gasteiger partial charge in [0.2, 0.25) is 5.91 Å². The van der Waals surface area contributed by atoms with Crippen LogP contribution < -0.4 is 10.1 Å². The molecule has 1 heterocycles. The first-order chi connectivity index (χ1) is 21.0. The van der Waals surface area contributed by atoms with E-state index < -0.39 is 107 Å². The number of amides is 1. The molecule has 1 fully saturated rings. The summed E-state index contributed by atoms with van der Waals surface area (Å²) in [5.74, 6) is -8.70. The van der Waals surface area contributed by atoms with E-state index in [1.54, 1.807) is 0 Å². The molecule has 0 saturated carbocycles. The number of hydrogen-bond acceptors (Lipinski definition) is 16. The van der Waals surface area contributed by atoms with Crippen molar-refractivity contribution < 1.29 is 71.6 Å². The SMILES string of the molecule is COC(=O)C1(Oc2ccc([N+](=O)[O-])cc2C=O)CC(OC(C)=O)[C@@H](NC(C)=O)C([C@H](OC(C)=O)[C@H](COC(C)=O)OC(C)=O)O1. The summed E-state index contributed by atoms with van der Waals surface area (Å²) in [6.45, 7) is 4.42. The van der Waals surface area contributed by atoms with Crippen LogP contribution in [-0.4, -0.2) is 96.9 Å². The molecule has 1 saturated heterocycles. The van der Waals surface area contributed by atoms with Gasteiger partial charge in [0, 0.05) is 46.8 Å². The van der Waals surface area contributed by atoms with Crippen LogP contribution in [0.2, 0.25) is 0 Å². The number of hydrogen-bond donors (Lipinski definition) is 1. The molecule has 2 rings (SSSR count). The molecular formula is C27H32N2O16. The monoisotopic (exact) mass is 640 g/mol. The van der Waals surface area contributed by atoms with Gasteiger partial charge in [-0.25, -0.2) is 4.79 Å². The predicted molar refractivity (Wildman–Crippen MR) is 144 cm³/mol. The van der Waals surface area contributed by atoms with Gasteiger partial charge in [0.05, 0.1) is 30.1 Å². The Balaban J connectivity index is 2.86. The van der Waals surface area contributed by atoms with Crippen molar-refractivity contribution in [1.29, 1.82) is 0 Å². The molecule has 6 atom stereocenters. The summed E-state index contributed by atoms with van der Waals surface area (Å²) in [6, 6.07) is 1.37. The van der Waals surface area contributed by atoms with Gasteiger partial charge in [0.15, 0.2) is 18.5 Å². The van der Waals surface area contributed by atoms with Gasteiger partial charge in [0.25, 0.3) is 5.69 Å². The fourth-order valence-electron chi connectivity index (χ4n) is 4.52. The van der Waals surface area contributed by atoms with Crippen LogP contribution in [0.25, 0.3) is 0 Å². The van der Waals surface area contributed by atoms with Crippen LogP contribution in [0.5, 0.6) is 5.75 Å². The van der Waals surface area contributed by atoms with E-state index in [0.29, 0.717) is 0 Å². The summed E-state index contributed by atoms with van der Waals surface area (Å²) in [6.07, 6.45) is -7.26. The van der Waals surface area contributed by atoms with Crippen LogP contribution in [0.3, 0.4) is 0 Å². The lowest BCUT2D eigenvalue weighted by atomic mass is 9.88. The third kappa shape index (κ3) is 9.68. The van der Waals surface area contributed by atoms with Gasteiger partial charge in [-0.15, -0.1) is 0 Å². The first-order valence-electron chi connectivity index (χ1n) is 13.1. The Morgan fingerprint density at radius 3 is 2.18 bits per heavy atom. The standard InChI is InChI=1S/C27H32N2O16/c1-13(31)28-23-21(41-15(3)33)10-27(26(36)39-6,44-20-8-7-19(29(37)38)9-18(20)11-30)45-25(23)24(43-17(5)35)22(42-16(4)34)12-40-14(2)32/h7-9,11,21-25H,10,12H2,1-6H3,(H,28,31)/t21?,22-,23+,24+,25?,27?/m0/s1. The smallest absolute Gasteiger partial charge is 0.379 e. The second kappa shape index (κ2) is 15.6. The molecular weight excluding hydrogens is 608 g/mol. The van der Waals surface area contributed by atoms with Gasteiger partial charge >= 0.3 is 35.6 Å². The number of rotatable bonds is 13. The number of nitro groups is 1. The topological polar surface area (TPSA) is 239 Å². The first-order valence-corrected chi connectivity index (χ1v) is 13.1. The summed E-state index contributed by atoms with van der Waals surface area (Å²) in [5.41, 5.74) is -0.892. The average Bonchev–Trinajstić information content (AvgIpc) is 2.94. The van der Waals surface area contributed by atoms with E-state index >= 15 is 0 Å². The molecule has 0 radical (unpaired) electrons. The number of nitrogens with zero attached hydrogens (tertiary/aromatic N) is 1. The van der Waals surface area contributed by atoms with Crippen molar-refractivity contribution in [2.45, 2.75) is 77.3 Å². The second-order valence-corrected chi connectivity index (χ2v) is 9.63. The summed E-state index contributed by atoms with van der Waals surface area (Å²) < 4.78 is 38.0. The van der Waals surface area contributed by atoms with Crippen molar-refractivity contribution in [3.05, 3.63) is 33.9 Å². The van der Waals surface area contributed by atoms with Crippen LogP contribution in [-0.2, 0) is 57.2 Å². The minimum Gasteiger partial charge on any atom is -0.464 e. The third-order valence-electron chi connectivity index (χ3n) is 6.10. The quantitative estimate of drug-likeness (QED) is 0.100. The minimum absolute atomic E-state index is 0.203.